The van der Waals surface area contributed by atoms with Gasteiger partial charge in [0.25, 0.3) is 0 Å². The van der Waals surface area contributed by atoms with Gasteiger partial charge in [0.15, 0.2) is 5.43 Å². The van der Waals surface area contributed by atoms with Crippen LogP contribution in [0.2, 0.25) is 0 Å². The molecule has 2 atom stereocenters. The predicted octanol–water partition coefficient (Wildman–Crippen LogP) is 2.97. The Balaban J connectivity index is 1.66. The van der Waals surface area contributed by atoms with E-state index < -0.39 is 0 Å². The van der Waals surface area contributed by atoms with Gasteiger partial charge in [-0.05, 0) is 24.3 Å². The van der Waals surface area contributed by atoms with Crippen molar-refractivity contribution < 1.29 is 18.9 Å². The highest BCUT2D eigenvalue weighted by Gasteiger charge is 2.26. The molecule has 0 bridgehead atoms. The first kappa shape index (κ1) is 15.1. The molecule has 2 aliphatic heterocycles. The molecule has 0 amide bonds. The summed E-state index contributed by atoms with van der Waals surface area (Å²) in [6, 6.07) is 11.3. The van der Waals surface area contributed by atoms with Gasteiger partial charge in [-0.15, -0.1) is 11.3 Å². The predicted molar refractivity (Wildman–Crippen MR) is 96.1 cm³/mol. The van der Waals surface area contributed by atoms with Gasteiger partial charge in [0.2, 0.25) is 0 Å². The fourth-order valence-electron chi connectivity index (χ4n) is 2.78. The largest absolute Gasteiger partial charge is 0.490 e. The van der Waals surface area contributed by atoms with Crippen molar-refractivity contribution in [2.45, 2.75) is 12.2 Å². The summed E-state index contributed by atoms with van der Waals surface area (Å²) in [7, 11) is 0. The van der Waals surface area contributed by atoms with Gasteiger partial charge in [-0.3, -0.25) is 4.79 Å². The summed E-state index contributed by atoms with van der Waals surface area (Å²) in [5.41, 5.74) is -0.0239. The third-order valence-corrected chi connectivity index (χ3v) is 5.49. The average Bonchev–Trinajstić information content (AvgIpc) is 3.54. The highest BCUT2D eigenvalue weighted by molar-refractivity contribution is 7.25. The van der Waals surface area contributed by atoms with Crippen LogP contribution in [0, 0.1) is 0 Å². The summed E-state index contributed by atoms with van der Waals surface area (Å²) in [6.07, 6.45) is 0.299. The molecule has 2 unspecified atom stereocenters. The summed E-state index contributed by atoms with van der Waals surface area (Å²) in [5.74, 6) is 1.29. The second-order valence-electron chi connectivity index (χ2n) is 6.23. The smallest absolute Gasteiger partial charge is 0.199 e. The third-order valence-electron chi connectivity index (χ3n) is 4.31. The molecule has 2 aromatic carbocycles. The molecule has 5 nitrogen and oxygen atoms in total. The fourth-order valence-corrected chi connectivity index (χ4v) is 3.94. The molecule has 0 saturated carbocycles. The quantitative estimate of drug-likeness (QED) is 0.502. The molecule has 2 saturated heterocycles. The second kappa shape index (κ2) is 5.98. The fraction of sp³-hybridized carbons (Fsp3) is 0.316. The van der Waals surface area contributed by atoms with E-state index in [1.54, 1.807) is 11.3 Å². The van der Waals surface area contributed by atoms with Crippen molar-refractivity contribution in [2.75, 3.05) is 26.4 Å². The standard InChI is InChI=1S/C19H16O5S/c20-18-13-3-1-2-4-16(13)25-19-15(24-10-12-8-22-12)6-5-14(17(18)19)23-9-11-7-21-11/h1-6,11-12H,7-10H2. The minimum atomic E-state index is -0.0239. The average molecular weight is 356 g/mol. The van der Waals surface area contributed by atoms with Crippen molar-refractivity contribution in [3.05, 3.63) is 46.6 Å². The zero-order valence-corrected chi connectivity index (χ0v) is 14.2. The lowest BCUT2D eigenvalue weighted by Gasteiger charge is -2.12. The number of hydrogen-bond acceptors (Lipinski definition) is 6. The highest BCUT2D eigenvalue weighted by Crippen LogP contribution is 2.37. The topological polar surface area (TPSA) is 60.6 Å². The molecule has 1 aromatic heterocycles. The second-order valence-corrected chi connectivity index (χ2v) is 7.28. The molecular formula is C19H16O5S. The lowest BCUT2D eigenvalue weighted by Crippen LogP contribution is -2.10. The molecule has 0 aliphatic carbocycles. The summed E-state index contributed by atoms with van der Waals surface area (Å²) < 4.78 is 23.9. The number of ether oxygens (including phenoxy) is 4. The zero-order chi connectivity index (χ0) is 16.8. The van der Waals surface area contributed by atoms with Crippen molar-refractivity contribution in [2.24, 2.45) is 0 Å². The van der Waals surface area contributed by atoms with E-state index in [0.717, 1.165) is 22.6 Å². The molecule has 2 fully saturated rings. The van der Waals surface area contributed by atoms with E-state index in [1.165, 1.54) is 0 Å². The molecule has 5 rings (SSSR count). The maximum Gasteiger partial charge on any atom is 0.199 e. The number of epoxide rings is 2. The molecule has 0 spiro atoms. The zero-order valence-electron chi connectivity index (χ0n) is 13.4. The van der Waals surface area contributed by atoms with Crippen molar-refractivity contribution in [1.82, 2.24) is 0 Å². The van der Waals surface area contributed by atoms with Gasteiger partial charge in [-0.25, -0.2) is 0 Å². The Labute approximate surface area is 147 Å². The SMILES string of the molecule is O=c1c2ccccc2sc2c(OCC3CO3)ccc(OCC3CO3)c12. The van der Waals surface area contributed by atoms with Crippen LogP contribution in [-0.2, 0) is 9.47 Å². The van der Waals surface area contributed by atoms with Gasteiger partial charge in [0, 0.05) is 10.1 Å². The van der Waals surface area contributed by atoms with Crippen LogP contribution in [0.15, 0.2) is 41.2 Å². The number of hydrogen-bond donors (Lipinski definition) is 0. The Bertz CT molecular complexity index is 1000. The Morgan fingerprint density at radius 1 is 0.960 bits per heavy atom. The molecule has 2 aliphatic rings. The summed E-state index contributed by atoms with van der Waals surface area (Å²) in [5, 5.41) is 1.29. The van der Waals surface area contributed by atoms with Gasteiger partial charge in [-0.1, -0.05) is 12.1 Å². The van der Waals surface area contributed by atoms with Crippen molar-refractivity contribution in [3.63, 3.8) is 0 Å². The van der Waals surface area contributed by atoms with Gasteiger partial charge in [0.1, 0.15) is 36.9 Å². The molecular weight excluding hydrogens is 340 g/mol. The maximum absolute atomic E-state index is 13.1. The first-order chi connectivity index (χ1) is 12.3. The number of fused-ring (bicyclic) bond motifs is 2. The van der Waals surface area contributed by atoms with Crippen molar-refractivity contribution >= 4 is 31.5 Å². The number of rotatable bonds is 6. The molecule has 0 radical (unpaired) electrons. The molecule has 6 heteroatoms. The summed E-state index contributed by atoms with van der Waals surface area (Å²) >= 11 is 1.55. The Morgan fingerprint density at radius 3 is 2.32 bits per heavy atom. The van der Waals surface area contributed by atoms with Crippen LogP contribution in [0.4, 0.5) is 0 Å². The minimum Gasteiger partial charge on any atom is -0.490 e. The van der Waals surface area contributed by atoms with Crippen LogP contribution < -0.4 is 14.9 Å². The molecule has 3 aromatic rings. The Morgan fingerprint density at radius 2 is 1.60 bits per heavy atom. The summed E-state index contributed by atoms with van der Waals surface area (Å²) in [6.45, 7) is 2.41. The number of benzene rings is 2. The first-order valence-corrected chi connectivity index (χ1v) is 9.08. The van der Waals surface area contributed by atoms with E-state index in [1.807, 2.05) is 36.4 Å². The highest BCUT2D eigenvalue weighted by atomic mass is 32.1. The first-order valence-electron chi connectivity index (χ1n) is 8.27. The van der Waals surface area contributed by atoms with Crippen molar-refractivity contribution in [1.29, 1.82) is 0 Å². The minimum absolute atomic E-state index is 0.0239. The van der Waals surface area contributed by atoms with Gasteiger partial charge >= 0.3 is 0 Å². The molecule has 0 N–H and O–H groups in total. The van der Waals surface area contributed by atoms with E-state index in [-0.39, 0.29) is 17.6 Å². The van der Waals surface area contributed by atoms with Crippen LogP contribution in [0.25, 0.3) is 20.2 Å². The van der Waals surface area contributed by atoms with E-state index in [2.05, 4.69) is 0 Å². The lowest BCUT2D eigenvalue weighted by molar-refractivity contribution is 0.261. The van der Waals surface area contributed by atoms with Crippen LogP contribution in [0.1, 0.15) is 0 Å². The van der Waals surface area contributed by atoms with E-state index in [4.69, 9.17) is 18.9 Å². The monoisotopic (exact) mass is 356 g/mol. The van der Waals surface area contributed by atoms with E-state index in [9.17, 15) is 4.79 Å². The van der Waals surface area contributed by atoms with Crippen LogP contribution in [0.5, 0.6) is 11.5 Å². The van der Waals surface area contributed by atoms with E-state index in [0.29, 0.717) is 35.5 Å². The maximum atomic E-state index is 13.1. The van der Waals surface area contributed by atoms with Gasteiger partial charge in [0.05, 0.1) is 23.3 Å². The molecule has 3 heterocycles. The van der Waals surface area contributed by atoms with Crippen molar-refractivity contribution in [3.8, 4) is 11.5 Å². The van der Waals surface area contributed by atoms with Crippen LogP contribution >= 0.6 is 11.3 Å². The van der Waals surface area contributed by atoms with Crippen LogP contribution in [0.3, 0.4) is 0 Å². The van der Waals surface area contributed by atoms with E-state index >= 15 is 0 Å². The molecule has 25 heavy (non-hydrogen) atoms. The Kier molecular flexibility index (Phi) is 3.62. The van der Waals surface area contributed by atoms with Gasteiger partial charge < -0.3 is 18.9 Å². The lowest BCUT2D eigenvalue weighted by atomic mass is 10.1. The Hall–Kier alpha value is -2.15. The third kappa shape index (κ3) is 2.97. The molecule has 128 valence electrons. The summed E-state index contributed by atoms with van der Waals surface area (Å²) in [4.78, 5) is 13.1. The normalized spacial score (nSPS) is 21.4. The van der Waals surface area contributed by atoms with Crippen LogP contribution in [-0.4, -0.2) is 38.6 Å². The van der Waals surface area contributed by atoms with Gasteiger partial charge in [-0.2, -0.15) is 0 Å².